The number of aromatic nitrogens is 2. The van der Waals surface area contributed by atoms with Crippen molar-refractivity contribution in [1.82, 2.24) is 10.2 Å². The second kappa shape index (κ2) is 4.40. The van der Waals surface area contributed by atoms with Crippen molar-refractivity contribution in [3.8, 4) is 0 Å². The average Bonchev–Trinajstić information content (AvgIpc) is 2.42. The van der Waals surface area contributed by atoms with Gasteiger partial charge in [0, 0.05) is 6.54 Å². The minimum absolute atomic E-state index is 0.910. The van der Waals surface area contributed by atoms with Gasteiger partial charge in [-0.3, -0.25) is 0 Å². The summed E-state index contributed by atoms with van der Waals surface area (Å²) in [4.78, 5) is 0. The topological polar surface area (TPSA) is 37.8 Å². The third-order valence-electron chi connectivity index (χ3n) is 2.68. The maximum absolute atomic E-state index is 4.29. The van der Waals surface area contributed by atoms with Crippen LogP contribution in [0.5, 0.6) is 0 Å². The fraction of sp³-hybridized carbons (Fsp3) is 0.636. The number of hydrogen-bond donors (Lipinski definition) is 1. The largest absolute Gasteiger partial charge is 0.369 e. The van der Waals surface area contributed by atoms with Crippen LogP contribution < -0.4 is 5.32 Å². The Morgan fingerprint density at radius 2 is 2.07 bits per heavy atom. The molecular weight excluding hydrogens is 174 g/mol. The molecule has 0 amide bonds. The Balaban J connectivity index is 2.23. The van der Waals surface area contributed by atoms with Gasteiger partial charge in [0.2, 0.25) is 0 Å². The Kier molecular flexibility index (Phi) is 2.96. The SMILES string of the molecule is CCNc1cc2c(nn1)CCCCC2. The zero-order valence-electron chi connectivity index (χ0n) is 8.71. The minimum Gasteiger partial charge on any atom is -0.369 e. The van der Waals surface area contributed by atoms with Gasteiger partial charge in [-0.05, 0) is 44.2 Å². The lowest BCUT2D eigenvalue weighted by atomic mass is 10.1. The van der Waals surface area contributed by atoms with Crippen molar-refractivity contribution < 1.29 is 0 Å². The lowest BCUT2D eigenvalue weighted by Gasteiger charge is -2.06. The van der Waals surface area contributed by atoms with Gasteiger partial charge in [-0.15, -0.1) is 5.10 Å². The van der Waals surface area contributed by atoms with Crippen molar-refractivity contribution in [2.24, 2.45) is 0 Å². The highest BCUT2D eigenvalue weighted by Gasteiger charge is 2.10. The molecule has 76 valence electrons. The molecule has 0 saturated carbocycles. The molecule has 0 unspecified atom stereocenters. The van der Waals surface area contributed by atoms with Crippen LogP contribution in [0.4, 0.5) is 5.82 Å². The Morgan fingerprint density at radius 3 is 2.93 bits per heavy atom. The van der Waals surface area contributed by atoms with E-state index >= 15 is 0 Å². The number of nitrogens with zero attached hydrogens (tertiary/aromatic N) is 2. The van der Waals surface area contributed by atoms with E-state index in [9.17, 15) is 0 Å². The summed E-state index contributed by atoms with van der Waals surface area (Å²) in [5.74, 6) is 0.924. The summed E-state index contributed by atoms with van der Waals surface area (Å²) in [5, 5.41) is 11.7. The van der Waals surface area contributed by atoms with Crippen molar-refractivity contribution in [3.63, 3.8) is 0 Å². The van der Waals surface area contributed by atoms with Gasteiger partial charge in [-0.25, -0.2) is 0 Å². The minimum atomic E-state index is 0.910. The first-order valence-electron chi connectivity index (χ1n) is 5.49. The van der Waals surface area contributed by atoms with Crippen LogP contribution in [0.3, 0.4) is 0 Å². The first kappa shape index (κ1) is 9.44. The fourth-order valence-electron chi connectivity index (χ4n) is 1.93. The molecular formula is C11H17N3. The maximum Gasteiger partial charge on any atom is 0.148 e. The van der Waals surface area contributed by atoms with Crippen LogP contribution in [-0.4, -0.2) is 16.7 Å². The second-order valence-corrected chi connectivity index (χ2v) is 3.79. The van der Waals surface area contributed by atoms with Crippen molar-refractivity contribution in [2.45, 2.75) is 39.0 Å². The van der Waals surface area contributed by atoms with Gasteiger partial charge in [-0.2, -0.15) is 5.10 Å². The Bertz CT molecular complexity index is 309. The summed E-state index contributed by atoms with van der Waals surface area (Å²) in [7, 11) is 0. The molecule has 0 bridgehead atoms. The predicted octanol–water partition coefficient (Wildman–Crippen LogP) is 2.18. The molecule has 1 N–H and O–H groups in total. The van der Waals surface area contributed by atoms with Crippen molar-refractivity contribution in [1.29, 1.82) is 0 Å². The molecule has 2 rings (SSSR count). The van der Waals surface area contributed by atoms with Gasteiger partial charge in [0.25, 0.3) is 0 Å². The second-order valence-electron chi connectivity index (χ2n) is 3.79. The van der Waals surface area contributed by atoms with Gasteiger partial charge in [0.05, 0.1) is 5.69 Å². The molecule has 0 aromatic carbocycles. The lowest BCUT2D eigenvalue weighted by molar-refractivity contribution is 0.706. The monoisotopic (exact) mass is 191 g/mol. The van der Waals surface area contributed by atoms with Crippen LogP contribution in [0.1, 0.15) is 37.4 Å². The number of nitrogens with one attached hydrogen (secondary N) is 1. The maximum atomic E-state index is 4.29. The number of fused-ring (bicyclic) bond motifs is 1. The van der Waals surface area contributed by atoms with Gasteiger partial charge < -0.3 is 5.32 Å². The summed E-state index contributed by atoms with van der Waals surface area (Å²) in [6.45, 7) is 2.99. The number of aryl methyl sites for hydroxylation is 2. The molecule has 0 radical (unpaired) electrons. The molecule has 0 atom stereocenters. The standard InChI is InChI=1S/C11H17N3/c1-2-12-11-8-9-6-4-3-5-7-10(9)13-14-11/h8H,2-7H2,1H3,(H,12,14). The molecule has 0 saturated heterocycles. The molecule has 1 aliphatic rings. The average molecular weight is 191 g/mol. The van der Waals surface area contributed by atoms with Crippen LogP contribution in [-0.2, 0) is 12.8 Å². The number of anilines is 1. The first-order chi connectivity index (χ1) is 6.90. The third kappa shape index (κ3) is 2.03. The summed E-state index contributed by atoms with van der Waals surface area (Å²) in [6.07, 6.45) is 6.16. The van der Waals surface area contributed by atoms with E-state index in [4.69, 9.17) is 0 Å². The van der Waals surface area contributed by atoms with E-state index in [1.165, 1.54) is 36.9 Å². The third-order valence-corrected chi connectivity index (χ3v) is 2.68. The normalized spacial score (nSPS) is 15.8. The molecule has 3 heteroatoms. The Hall–Kier alpha value is -1.12. The molecule has 1 heterocycles. The summed E-state index contributed by atoms with van der Waals surface area (Å²) < 4.78 is 0. The Morgan fingerprint density at radius 1 is 1.21 bits per heavy atom. The van der Waals surface area contributed by atoms with Gasteiger partial charge in [-0.1, -0.05) is 6.42 Å². The molecule has 0 spiro atoms. The molecule has 1 aromatic rings. The van der Waals surface area contributed by atoms with E-state index in [0.29, 0.717) is 0 Å². The molecule has 1 aliphatic carbocycles. The zero-order chi connectivity index (χ0) is 9.80. The van der Waals surface area contributed by atoms with Gasteiger partial charge in [0.1, 0.15) is 5.82 Å². The lowest BCUT2D eigenvalue weighted by Crippen LogP contribution is -2.04. The summed E-state index contributed by atoms with van der Waals surface area (Å²) in [5.41, 5.74) is 2.61. The van der Waals surface area contributed by atoms with Gasteiger partial charge >= 0.3 is 0 Å². The van der Waals surface area contributed by atoms with E-state index in [1.807, 2.05) is 0 Å². The molecule has 14 heavy (non-hydrogen) atoms. The van der Waals surface area contributed by atoms with Crippen molar-refractivity contribution in [2.75, 3.05) is 11.9 Å². The van der Waals surface area contributed by atoms with Crippen LogP contribution in [0.15, 0.2) is 6.07 Å². The molecule has 3 nitrogen and oxygen atoms in total. The first-order valence-corrected chi connectivity index (χ1v) is 5.49. The van der Waals surface area contributed by atoms with Crippen LogP contribution >= 0.6 is 0 Å². The highest BCUT2D eigenvalue weighted by Crippen LogP contribution is 2.19. The van der Waals surface area contributed by atoms with E-state index in [1.54, 1.807) is 0 Å². The highest BCUT2D eigenvalue weighted by atomic mass is 15.2. The smallest absolute Gasteiger partial charge is 0.148 e. The van der Waals surface area contributed by atoms with E-state index in [-0.39, 0.29) is 0 Å². The van der Waals surface area contributed by atoms with Crippen LogP contribution in [0.2, 0.25) is 0 Å². The number of hydrogen-bond acceptors (Lipinski definition) is 3. The zero-order valence-corrected chi connectivity index (χ0v) is 8.71. The molecule has 1 aromatic heterocycles. The Labute approximate surface area is 84.9 Å². The highest BCUT2D eigenvalue weighted by molar-refractivity contribution is 5.38. The van der Waals surface area contributed by atoms with Crippen LogP contribution in [0.25, 0.3) is 0 Å². The van der Waals surface area contributed by atoms with E-state index < -0.39 is 0 Å². The van der Waals surface area contributed by atoms with Crippen molar-refractivity contribution in [3.05, 3.63) is 17.3 Å². The van der Waals surface area contributed by atoms with Gasteiger partial charge in [0.15, 0.2) is 0 Å². The summed E-state index contributed by atoms with van der Waals surface area (Å²) in [6, 6.07) is 2.16. The summed E-state index contributed by atoms with van der Waals surface area (Å²) >= 11 is 0. The number of rotatable bonds is 2. The van der Waals surface area contributed by atoms with Crippen molar-refractivity contribution >= 4 is 5.82 Å². The molecule has 0 fully saturated rings. The fourth-order valence-corrected chi connectivity index (χ4v) is 1.93. The quantitative estimate of drug-likeness (QED) is 0.728. The molecule has 0 aliphatic heterocycles. The van der Waals surface area contributed by atoms with Crippen LogP contribution in [0, 0.1) is 0 Å². The predicted molar refractivity (Wildman–Crippen MR) is 57.5 cm³/mol. The van der Waals surface area contributed by atoms with E-state index in [2.05, 4.69) is 28.5 Å². The van der Waals surface area contributed by atoms with E-state index in [0.717, 1.165) is 18.8 Å².